The van der Waals surface area contributed by atoms with Gasteiger partial charge in [0, 0.05) is 5.56 Å². The van der Waals surface area contributed by atoms with Crippen LogP contribution in [0, 0.1) is 13.8 Å². The first-order chi connectivity index (χ1) is 15.8. The molecule has 3 aromatic carbocycles. The summed E-state index contributed by atoms with van der Waals surface area (Å²) in [6, 6.07) is 23.4. The molecule has 9 heteroatoms. The molecule has 0 unspecified atom stereocenters. The molecule has 0 fully saturated rings. The highest BCUT2D eigenvalue weighted by molar-refractivity contribution is 7.91. The van der Waals surface area contributed by atoms with E-state index in [1.807, 2.05) is 74.5 Å². The van der Waals surface area contributed by atoms with E-state index in [-0.39, 0.29) is 15.4 Å². The number of sulfonamides is 1. The maximum atomic E-state index is 13.2. The minimum absolute atomic E-state index is 0.105. The molecule has 0 aliphatic rings. The average molecular weight is 479 g/mol. The monoisotopic (exact) mass is 478 g/mol. The number of amides is 1. The lowest BCUT2D eigenvalue weighted by Gasteiger charge is -2.19. The summed E-state index contributed by atoms with van der Waals surface area (Å²) in [4.78, 5) is 12.5. The molecule has 168 valence electrons. The van der Waals surface area contributed by atoms with Crippen LogP contribution >= 0.6 is 11.3 Å². The van der Waals surface area contributed by atoms with Gasteiger partial charge >= 0.3 is 0 Å². The standard InChI is InChI=1S/C24H22N4O3S2/c1-16-11-13-19(14-12-16)21(18-8-4-3-5-9-18)28-33(30,31)24-27-26-23(32-24)25-22(29)20-10-6-7-17(2)15-20/h3-15,21,28H,1-2H3,(H,25,26,29)/t21-/m0/s1. The predicted octanol–water partition coefficient (Wildman–Crippen LogP) is 4.48. The molecule has 7 nitrogen and oxygen atoms in total. The van der Waals surface area contributed by atoms with Crippen molar-refractivity contribution in [2.45, 2.75) is 24.2 Å². The van der Waals surface area contributed by atoms with E-state index < -0.39 is 16.1 Å². The van der Waals surface area contributed by atoms with Crippen LogP contribution in [0.3, 0.4) is 0 Å². The van der Waals surface area contributed by atoms with Crippen LogP contribution in [0.4, 0.5) is 5.13 Å². The Morgan fingerprint density at radius 3 is 2.24 bits per heavy atom. The fourth-order valence-corrected chi connectivity index (χ4v) is 5.39. The number of nitrogens with one attached hydrogen (secondary N) is 2. The number of rotatable bonds is 7. The number of anilines is 1. The lowest BCUT2D eigenvalue weighted by Crippen LogP contribution is -2.29. The Morgan fingerprint density at radius 2 is 1.55 bits per heavy atom. The van der Waals surface area contributed by atoms with Gasteiger partial charge in [0.25, 0.3) is 15.9 Å². The number of aryl methyl sites for hydroxylation is 2. The summed E-state index contributed by atoms with van der Waals surface area (Å²) in [7, 11) is -4.01. The number of benzene rings is 3. The molecule has 4 aromatic rings. The topological polar surface area (TPSA) is 101 Å². The van der Waals surface area contributed by atoms with Gasteiger partial charge < -0.3 is 0 Å². The first-order valence-electron chi connectivity index (χ1n) is 10.2. The van der Waals surface area contributed by atoms with Crippen LogP contribution in [0.15, 0.2) is 83.2 Å². The Morgan fingerprint density at radius 1 is 0.848 bits per heavy atom. The Kier molecular flexibility index (Phi) is 6.64. The van der Waals surface area contributed by atoms with Crippen molar-refractivity contribution in [3.63, 3.8) is 0 Å². The van der Waals surface area contributed by atoms with Crippen molar-refractivity contribution in [2.24, 2.45) is 0 Å². The molecule has 0 bridgehead atoms. The van der Waals surface area contributed by atoms with Crippen molar-refractivity contribution >= 4 is 32.4 Å². The fraction of sp³-hybridized carbons (Fsp3) is 0.125. The van der Waals surface area contributed by atoms with Crippen LogP contribution in [0.1, 0.15) is 38.7 Å². The third-order valence-corrected chi connectivity index (χ3v) is 7.58. The van der Waals surface area contributed by atoms with E-state index in [0.717, 1.165) is 33.6 Å². The highest BCUT2D eigenvalue weighted by Gasteiger charge is 2.27. The number of hydrogen-bond acceptors (Lipinski definition) is 6. The summed E-state index contributed by atoms with van der Waals surface area (Å²) in [5, 5.41) is 10.4. The van der Waals surface area contributed by atoms with Crippen molar-refractivity contribution in [1.82, 2.24) is 14.9 Å². The zero-order valence-electron chi connectivity index (χ0n) is 18.0. The number of hydrogen-bond donors (Lipinski definition) is 2. The van der Waals surface area contributed by atoms with E-state index in [1.165, 1.54) is 0 Å². The minimum atomic E-state index is -4.01. The van der Waals surface area contributed by atoms with Gasteiger partial charge in [0.1, 0.15) is 0 Å². The van der Waals surface area contributed by atoms with E-state index in [1.54, 1.807) is 18.2 Å². The van der Waals surface area contributed by atoms with Crippen LogP contribution in [0.5, 0.6) is 0 Å². The Bertz CT molecular complexity index is 1370. The molecule has 1 amide bonds. The number of nitrogens with zero attached hydrogens (tertiary/aromatic N) is 2. The van der Waals surface area contributed by atoms with Gasteiger partial charge in [0.15, 0.2) is 0 Å². The van der Waals surface area contributed by atoms with Gasteiger partial charge in [-0.05, 0) is 37.1 Å². The van der Waals surface area contributed by atoms with Crippen LogP contribution in [-0.4, -0.2) is 24.5 Å². The zero-order chi connectivity index (χ0) is 23.4. The third-order valence-electron chi connectivity index (χ3n) is 4.95. The second kappa shape index (κ2) is 9.62. The highest BCUT2D eigenvalue weighted by atomic mass is 32.2. The lowest BCUT2D eigenvalue weighted by atomic mass is 9.99. The molecule has 1 aromatic heterocycles. The molecule has 0 aliphatic heterocycles. The van der Waals surface area contributed by atoms with Gasteiger partial charge in [0.05, 0.1) is 6.04 Å². The molecular formula is C24H22N4O3S2. The Hall–Kier alpha value is -3.40. The summed E-state index contributed by atoms with van der Waals surface area (Å²) in [6.07, 6.45) is 0. The summed E-state index contributed by atoms with van der Waals surface area (Å²) in [6.45, 7) is 3.86. The molecule has 0 saturated carbocycles. The van der Waals surface area contributed by atoms with E-state index in [2.05, 4.69) is 20.2 Å². The van der Waals surface area contributed by atoms with Crippen molar-refractivity contribution in [2.75, 3.05) is 5.32 Å². The summed E-state index contributed by atoms with van der Waals surface area (Å²) < 4.78 is 28.8. The summed E-state index contributed by atoms with van der Waals surface area (Å²) >= 11 is 0.797. The fourth-order valence-electron chi connectivity index (χ4n) is 3.26. The largest absolute Gasteiger partial charge is 0.296 e. The normalized spacial score (nSPS) is 12.3. The minimum Gasteiger partial charge on any atom is -0.296 e. The van der Waals surface area contributed by atoms with Crippen LogP contribution in [0.2, 0.25) is 0 Å². The molecule has 4 rings (SSSR count). The van der Waals surface area contributed by atoms with Gasteiger partial charge in [-0.3, -0.25) is 10.1 Å². The van der Waals surface area contributed by atoms with E-state index in [0.29, 0.717) is 5.56 Å². The lowest BCUT2D eigenvalue weighted by molar-refractivity contribution is 0.102. The van der Waals surface area contributed by atoms with Crippen molar-refractivity contribution < 1.29 is 13.2 Å². The van der Waals surface area contributed by atoms with Crippen LogP contribution in [-0.2, 0) is 10.0 Å². The van der Waals surface area contributed by atoms with Crippen molar-refractivity contribution in [3.8, 4) is 0 Å². The zero-order valence-corrected chi connectivity index (χ0v) is 19.7. The first-order valence-corrected chi connectivity index (χ1v) is 12.5. The van der Waals surface area contributed by atoms with Gasteiger partial charge in [-0.25, -0.2) is 8.42 Å². The first kappa shape index (κ1) is 22.8. The molecule has 0 radical (unpaired) electrons. The van der Waals surface area contributed by atoms with Crippen LogP contribution in [0.25, 0.3) is 0 Å². The van der Waals surface area contributed by atoms with E-state index in [9.17, 15) is 13.2 Å². The smallest absolute Gasteiger partial charge is 0.270 e. The quantitative estimate of drug-likeness (QED) is 0.382. The van der Waals surface area contributed by atoms with Gasteiger partial charge in [-0.15, -0.1) is 10.2 Å². The van der Waals surface area contributed by atoms with Crippen molar-refractivity contribution in [3.05, 3.63) is 107 Å². The average Bonchev–Trinajstić information content (AvgIpc) is 3.28. The number of carbonyl (C=O) groups excluding carboxylic acids is 1. The summed E-state index contributed by atoms with van der Waals surface area (Å²) in [5.41, 5.74) is 4.06. The van der Waals surface area contributed by atoms with Gasteiger partial charge in [-0.1, -0.05) is 89.2 Å². The third kappa shape index (κ3) is 5.51. The molecule has 33 heavy (non-hydrogen) atoms. The van der Waals surface area contributed by atoms with Crippen LogP contribution < -0.4 is 10.0 Å². The molecule has 1 atom stereocenters. The second-order valence-electron chi connectivity index (χ2n) is 7.57. The molecule has 0 spiro atoms. The second-order valence-corrected chi connectivity index (χ2v) is 10.4. The van der Waals surface area contributed by atoms with E-state index >= 15 is 0 Å². The molecular weight excluding hydrogens is 456 g/mol. The maximum Gasteiger partial charge on any atom is 0.270 e. The van der Waals surface area contributed by atoms with E-state index in [4.69, 9.17) is 0 Å². The van der Waals surface area contributed by atoms with Gasteiger partial charge in [0.2, 0.25) is 9.47 Å². The van der Waals surface area contributed by atoms with Gasteiger partial charge in [-0.2, -0.15) is 4.72 Å². The molecule has 1 heterocycles. The highest BCUT2D eigenvalue weighted by Crippen LogP contribution is 2.27. The Labute approximate surface area is 196 Å². The maximum absolute atomic E-state index is 13.2. The predicted molar refractivity (Wildman–Crippen MR) is 129 cm³/mol. The van der Waals surface area contributed by atoms with Crippen molar-refractivity contribution in [1.29, 1.82) is 0 Å². The molecule has 0 aliphatic carbocycles. The SMILES string of the molecule is Cc1ccc([C@@H](NS(=O)(=O)c2nnc(NC(=O)c3cccc(C)c3)s2)c2ccccc2)cc1. The number of aromatic nitrogens is 2. The summed E-state index contributed by atoms with van der Waals surface area (Å²) in [5.74, 6) is -0.381. The molecule has 0 saturated heterocycles. The Balaban J connectivity index is 1.57. The molecule has 2 N–H and O–H groups in total. The number of carbonyl (C=O) groups is 1.